The molecule has 2 heterocycles. The van der Waals surface area contributed by atoms with Gasteiger partial charge in [0.25, 0.3) is 0 Å². The summed E-state index contributed by atoms with van der Waals surface area (Å²) in [5.41, 5.74) is 1.75. The highest BCUT2D eigenvalue weighted by Crippen LogP contribution is 2.23. The average Bonchev–Trinajstić information content (AvgIpc) is 2.84. The van der Waals surface area contributed by atoms with E-state index in [4.69, 9.17) is 4.42 Å². The van der Waals surface area contributed by atoms with E-state index in [-0.39, 0.29) is 11.8 Å². The van der Waals surface area contributed by atoms with Crippen molar-refractivity contribution in [1.29, 1.82) is 0 Å². The van der Waals surface area contributed by atoms with Gasteiger partial charge in [-0.1, -0.05) is 6.92 Å². The van der Waals surface area contributed by atoms with E-state index in [0.717, 1.165) is 30.1 Å². The zero-order valence-corrected chi connectivity index (χ0v) is 12.2. The molecule has 3 rings (SSSR count). The van der Waals surface area contributed by atoms with Crippen molar-refractivity contribution in [2.75, 3.05) is 18.4 Å². The number of carbonyl (C=O) groups is 1. The first-order chi connectivity index (χ1) is 10.1. The largest absolute Gasteiger partial charge is 0.441 e. The van der Waals surface area contributed by atoms with Crippen LogP contribution in [0.3, 0.4) is 0 Å². The second-order valence-corrected chi connectivity index (χ2v) is 5.52. The summed E-state index contributed by atoms with van der Waals surface area (Å²) in [4.78, 5) is 16.2. The van der Waals surface area contributed by atoms with E-state index in [1.807, 2.05) is 38.1 Å². The summed E-state index contributed by atoms with van der Waals surface area (Å²) >= 11 is 0. The van der Waals surface area contributed by atoms with Crippen LogP contribution >= 0.6 is 0 Å². The minimum absolute atomic E-state index is 0.0304. The van der Waals surface area contributed by atoms with E-state index in [1.54, 1.807) is 6.20 Å². The van der Waals surface area contributed by atoms with E-state index in [9.17, 15) is 4.79 Å². The highest BCUT2D eigenvalue weighted by atomic mass is 16.4. The number of nitrogens with zero attached hydrogens (tertiary/aromatic N) is 1. The monoisotopic (exact) mass is 285 g/mol. The number of hydrogen-bond acceptors (Lipinski definition) is 4. The highest BCUT2D eigenvalue weighted by Gasteiger charge is 2.28. The van der Waals surface area contributed by atoms with Crippen LogP contribution in [0.4, 0.5) is 5.69 Å². The van der Waals surface area contributed by atoms with Crippen molar-refractivity contribution >= 4 is 11.6 Å². The van der Waals surface area contributed by atoms with Crippen molar-refractivity contribution in [2.45, 2.75) is 13.8 Å². The number of aromatic nitrogens is 1. The van der Waals surface area contributed by atoms with Gasteiger partial charge in [-0.05, 0) is 43.3 Å². The summed E-state index contributed by atoms with van der Waals surface area (Å²) in [6.45, 7) is 5.65. The third kappa shape index (κ3) is 2.97. The third-order valence-corrected chi connectivity index (χ3v) is 3.99. The molecule has 1 amide bonds. The fourth-order valence-electron chi connectivity index (χ4n) is 2.35. The number of anilines is 1. The summed E-state index contributed by atoms with van der Waals surface area (Å²) < 4.78 is 5.48. The average molecular weight is 285 g/mol. The van der Waals surface area contributed by atoms with Gasteiger partial charge in [-0.3, -0.25) is 4.79 Å². The molecule has 5 heteroatoms. The van der Waals surface area contributed by atoms with Crippen LogP contribution in [0.2, 0.25) is 0 Å². The first-order valence-electron chi connectivity index (χ1n) is 7.18. The topological polar surface area (TPSA) is 67.2 Å². The Labute approximate surface area is 123 Å². The number of aryl methyl sites for hydroxylation is 1. The molecule has 1 aromatic carbocycles. The number of carbonyl (C=O) groups excluding carboxylic acids is 1. The van der Waals surface area contributed by atoms with Gasteiger partial charge < -0.3 is 15.1 Å². The Morgan fingerprint density at radius 1 is 1.38 bits per heavy atom. The van der Waals surface area contributed by atoms with E-state index in [0.29, 0.717) is 11.8 Å². The number of nitrogens with one attached hydrogen (secondary N) is 2. The Kier molecular flexibility index (Phi) is 3.75. The molecule has 1 aliphatic heterocycles. The SMILES string of the molecule is Cc1ncc(-c2ccc(NC(=O)C(C)C3CNC3)cc2)o1. The Bertz CT molecular complexity index is 629. The van der Waals surface area contributed by atoms with Crippen molar-refractivity contribution in [3.63, 3.8) is 0 Å². The maximum atomic E-state index is 12.1. The van der Waals surface area contributed by atoms with Crippen molar-refractivity contribution < 1.29 is 9.21 Å². The molecule has 1 saturated heterocycles. The number of oxazole rings is 1. The van der Waals surface area contributed by atoms with Crippen LogP contribution in [0.25, 0.3) is 11.3 Å². The summed E-state index contributed by atoms with van der Waals surface area (Å²) in [6.07, 6.45) is 1.70. The minimum atomic E-state index is 0.0304. The van der Waals surface area contributed by atoms with Gasteiger partial charge >= 0.3 is 0 Å². The molecule has 1 aromatic heterocycles. The number of rotatable bonds is 4. The number of benzene rings is 1. The lowest BCUT2D eigenvalue weighted by Gasteiger charge is -2.31. The number of hydrogen-bond donors (Lipinski definition) is 2. The van der Waals surface area contributed by atoms with Crippen molar-refractivity contribution in [3.05, 3.63) is 36.4 Å². The van der Waals surface area contributed by atoms with E-state index >= 15 is 0 Å². The minimum Gasteiger partial charge on any atom is -0.441 e. The van der Waals surface area contributed by atoms with E-state index < -0.39 is 0 Å². The van der Waals surface area contributed by atoms with E-state index in [2.05, 4.69) is 15.6 Å². The summed E-state index contributed by atoms with van der Waals surface area (Å²) in [5.74, 6) is 1.93. The highest BCUT2D eigenvalue weighted by molar-refractivity contribution is 5.92. The predicted octanol–water partition coefficient (Wildman–Crippen LogP) is 2.44. The molecule has 1 aliphatic rings. The molecule has 5 nitrogen and oxygen atoms in total. The lowest BCUT2D eigenvalue weighted by Crippen LogP contribution is -2.48. The molecule has 0 saturated carbocycles. The second kappa shape index (κ2) is 5.69. The molecule has 0 radical (unpaired) electrons. The molecule has 1 unspecified atom stereocenters. The number of amides is 1. The third-order valence-electron chi connectivity index (χ3n) is 3.99. The molecule has 2 aromatic rings. The molecule has 0 aliphatic carbocycles. The van der Waals surface area contributed by atoms with Gasteiger partial charge in [0.05, 0.1) is 6.20 Å². The smallest absolute Gasteiger partial charge is 0.227 e. The predicted molar refractivity (Wildman–Crippen MR) is 80.8 cm³/mol. The van der Waals surface area contributed by atoms with Gasteiger partial charge in [-0.25, -0.2) is 4.98 Å². The lowest BCUT2D eigenvalue weighted by atomic mass is 9.88. The Hall–Kier alpha value is -2.14. The van der Waals surface area contributed by atoms with E-state index in [1.165, 1.54) is 0 Å². The molecule has 1 fully saturated rings. The van der Waals surface area contributed by atoms with Gasteiger partial charge in [-0.2, -0.15) is 0 Å². The molecule has 0 bridgehead atoms. The maximum absolute atomic E-state index is 12.1. The first kappa shape index (κ1) is 13.8. The zero-order chi connectivity index (χ0) is 14.8. The zero-order valence-electron chi connectivity index (χ0n) is 12.2. The first-order valence-corrected chi connectivity index (χ1v) is 7.18. The van der Waals surface area contributed by atoms with Crippen LogP contribution in [0, 0.1) is 18.8 Å². The van der Waals surface area contributed by atoms with Crippen LogP contribution in [0.15, 0.2) is 34.9 Å². The van der Waals surface area contributed by atoms with Crippen LogP contribution in [0.5, 0.6) is 0 Å². The van der Waals surface area contributed by atoms with Gasteiger partial charge in [-0.15, -0.1) is 0 Å². The van der Waals surface area contributed by atoms with Gasteiger partial charge in [0.2, 0.25) is 5.91 Å². The second-order valence-electron chi connectivity index (χ2n) is 5.52. The van der Waals surface area contributed by atoms with Crippen LogP contribution < -0.4 is 10.6 Å². The van der Waals surface area contributed by atoms with Gasteiger partial charge in [0.1, 0.15) is 0 Å². The maximum Gasteiger partial charge on any atom is 0.227 e. The molecular formula is C16H19N3O2. The van der Waals surface area contributed by atoms with Crippen molar-refractivity contribution in [1.82, 2.24) is 10.3 Å². The lowest BCUT2D eigenvalue weighted by molar-refractivity contribution is -0.121. The Morgan fingerprint density at radius 2 is 2.10 bits per heavy atom. The summed E-state index contributed by atoms with van der Waals surface area (Å²) in [7, 11) is 0. The van der Waals surface area contributed by atoms with Crippen molar-refractivity contribution in [3.8, 4) is 11.3 Å². The summed E-state index contributed by atoms with van der Waals surface area (Å²) in [5, 5.41) is 6.15. The molecule has 2 N–H and O–H groups in total. The molecular weight excluding hydrogens is 266 g/mol. The quantitative estimate of drug-likeness (QED) is 0.905. The van der Waals surface area contributed by atoms with Crippen LogP contribution in [-0.2, 0) is 4.79 Å². The van der Waals surface area contributed by atoms with Gasteiger partial charge in [0.15, 0.2) is 11.7 Å². The summed E-state index contributed by atoms with van der Waals surface area (Å²) in [6, 6.07) is 7.62. The standard InChI is InChI=1S/C16H19N3O2/c1-10(13-7-17-8-13)16(20)19-14-5-3-12(4-6-14)15-9-18-11(2)21-15/h3-6,9-10,13,17H,7-8H2,1-2H3,(H,19,20). The Balaban J connectivity index is 1.65. The van der Waals surface area contributed by atoms with Crippen molar-refractivity contribution in [2.24, 2.45) is 11.8 Å². The fourth-order valence-corrected chi connectivity index (χ4v) is 2.35. The van der Waals surface area contributed by atoms with Crippen LogP contribution in [0.1, 0.15) is 12.8 Å². The molecule has 21 heavy (non-hydrogen) atoms. The van der Waals surface area contributed by atoms with Crippen LogP contribution in [-0.4, -0.2) is 24.0 Å². The molecule has 0 spiro atoms. The molecule has 1 atom stereocenters. The molecule has 110 valence electrons. The Morgan fingerprint density at radius 3 is 2.62 bits per heavy atom. The van der Waals surface area contributed by atoms with Gasteiger partial charge in [0, 0.05) is 24.1 Å². The fraction of sp³-hybridized carbons (Fsp3) is 0.375. The normalized spacial score (nSPS) is 16.3.